The van der Waals surface area contributed by atoms with E-state index in [1.807, 2.05) is 6.92 Å². The van der Waals surface area contributed by atoms with E-state index in [-0.39, 0.29) is 0 Å². The second kappa shape index (κ2) is 4.77. The van der Waals surface area contributed by atoms with Crippen LogP contribution in [0.4, 0.5) is 0 Å². The van der Waals surface area contributed by atoms with Gasteiger partial charge in [-0.25, -0.2) is 0 Å². The molecule has 3 heteroatoms. The lowest BCUT2D eigenvalue weighted by molar-refractivity contribution is 0.165. The number of ether oxygens (including phenoxy) is 1. The maximum absolute atomic E-state index is 9.22. The molecule has 1 saturated heterocycles. The highest BCUT2D eigenvalue weighted by molar-refractivity contribution is 5.09. The summed E-state index contributed by atoms with van der Waals surface area (Å²) < 4.78 is 5.33. The van der Waals surface area contributed by atoms with E-state index in [2.05, 4.69) is 25.2 Å². The maximum atomic E-state index is 9.22. The zero-order valence-corrected chi connectivity index (χ0v) is 9.34. The fraction of sp³-hybridized carbons (Fsp3) is 0.909. The summed E-state index contributed by atoms with van der Waals surface area (Å²) >= 11 is 0. The van der Waals surface area contributed by atoms with Crippen molar-refractivity contribution in [1.82, 2.24) is 5.32 Å². The predicted molar refractivity (Wildman–Crippen MR) is 55.8 cm³/mol. The molecule has 1 heterocycles. The van der Waals surface area contributed by atoms with Gasteiger partial charge in [-0.05, 0) is 26.7 Å². The minimum Gasteiger partial charge on any atom is -0.381 e. The van der Waals surface area contributed by atoms with E-state index in [1.165, 1.54) is 0 Å². The Balaban J connectivity index is 2.61. The molecule has 1 aliphatic heterocycles. The minimum absolute atomic E-state index is 0.335. The van der Waals surface area contributed by atoms with Gasteiger partial charge in [0.25, 0.3) is 0 Å². The lowest BCUT2D eigenvalue weighted by Gasteiger charge is -2.31. The van der Waals surface area contributed by atoms with E-state index < -0.39 is 5.54 Å². The van der Waals surface area contributed by atoms with Crippen molar-refractivity contribution in [2.24, 2.45) is 5.92 Å². The first kappa shape index (κ1) is 11.5. The first-order valence-electron chi connectivity index (χ1n) is 5.39. The fourth-order valence-electron chi connectivity index (χ4n) is 1.85. The van der Waals surface area contributed by atoms with Crippen molar-refractivity contribution < 1.29 is 4.74 Å². The summed E-state index contributed by atoms with van der Waals surface area (Å²) in [5, 5.41) is 12.6. The van der Waals surface area contributed by atoms with Gasteiger partial charge >= 0.3 is 0 Å². The Hall–Kier alpha value is -0.590. The molecule has 0 aromatic carbocycles. The highest BCUT2D eigenvalue weighted by Gasteiger charge is 2.37. The number of nitriles is 1. The van der Waals surface area contributed by atoms with Gasteiger partial charge in [0.05, 0.1) is 12.7 Å². The molecular weight excluding hydrogens is 176 g/mol. The number of nitrogens with zero attached hydrogens (tertiary/aromatic N) is 1. The first-order valence-corrected chi connectivity index (χ1v) is 5.39. The monoisotopic (exact) mass is 196 g/mol. The molecule has 0 aliphatic carbocycles. The molecule has 0 aromatic heterocycles. The normalized spacial score (nSPS) is 28.0. The third-order valence-corrected chi connectivity index (χ3v) is 3.14. The number of nitrogens with one attached hydrogen (secondary N) is 1. The molecule has 0 bridgehead atoms. The summed E-state index contributed by atoms with van der Waals surface area (Å²) in [4.78, 5) is 0. The van der Waals surface area contributed by atoms with Crippen LogP contribution in [0.25, 0.3) is 0 Å². The Morgan fingerprint density at radius 2 is 2.43 bits per heavy atom. The highest BCUT2D eigenvalue weighted by Crippen LogP contribution is 2.26. The zero-order valence-electron chi connectivity index (χ0n) is 9.34. The highest BCUT2D eigenvalue weighted by atomic mass is 16.5. The Bertz CT molecular complexity index is 218. The van der Waals surface area contributed by atoms with Crippen LogP contribution >= 0.6 is 0 Å². The van der Waals surface area contributed by atoms with Crippen molar-refractivity contribution in [2.75, 3.05) is 13.2 Å². The topological polar surface area (TPSA) is 45.0 Å². The summed E-state index contributed by atoms with van der Waals surface area (Å²) in [6.45, 7) is 7.74. The predicted octanol–water partition coefficient (Wildman–Crippen LogP) is 1.69. The zero-order chi connectivity index (χ0) is 10.6. The SMILES string of the molecule is CCC(C)NC(C)(C#N)C1CCOC1. The van der Waals surface area contributed by atoms with Crippen LogP contribution in [0.1, 0.15) is 33.6 Å². The van der Waals surface area contributed by atoms with Crippen molar-refractivity contribution in [2.45, 2.75) is 45.2 Å². The molecule has 1 rings (SSSR count). The molecule has 3 atom stereocenters. The molecule has 0 spiro atoms. The standard InChI is InChI=1S/C11H20N2O/c1-4-9(2)13-11(3,8-12)10-5-6-14-7-10/h9-10,13H,4-7H2,1-3H3. The second-order valence-corrected chi connectivity index (χ2v) is 4.33. The lowest BCUT2D eigenvalue weighted by Crippen LogP contribution is -2.51. The first-order chi connectivity index (χ1) is 6.62. The molecule has 1 fully saturated rings. The Morgan fingerprint density at radius 3 is 2.86 bits per heavy atom. The summed E-state index contributed by atoms with van der Waals surface area (Å²) in [6, 6.07) is 2.78. The van der Waals surface area contributed by atoms with Crippen molar-refractivity contribution >= 4 is 0 Å². The van der Waals surface area contributed by atoms with Gasteiger partial charge in [-0.2, -0.15) is 5.26 Å². The van der Waals surface area contributed by atoms with Crippen LogP contribution in [0.15, 0.2) is 0 Å². The van der Waals surface area contributed by atoms with Crippen LogP contribution in [-0.2, 0) is 4.74 Å². The quantitative estimate of drug-likeness (QED) is 0.744. The summed E-state index contributed by atoms with van der Waals surface area (Å²) in [6.07, 6.45) is 2.04. The van der Waals surface area contributed by atoms with E-state index in [9.17, 15) is 5.26 Å². The van der Waals surface area contributed by atoms with Gasteiger partial charge < -0.3 is 4.74 Å². The smallest absolute Gasteiger partial charge is 0.109 e. The van der Waals surface area contributed by atoms with Gasteiger partial charge in [-0.1, -0.05) is 6.92 Å². The van der Waals surface area contributed by atoms with Gasteiger partial charge in [0.1, 0.15) is 5.54 Å². The molecule has 80 valence electrons. The van der Waals surface area contributed by atoms with Crippen molar-refractivity contribution in [1.29, 1.82) is 5.26 Å². The molecule has 14 heavy (non-hydrogen) atoms. The van der Waals surface area contributed by atoms with Crippen molar-refractivity contribution in [3.8, 4) is 6.07 Å². The molecule has 3 unspecified atom stereocenters. The van der Waals surface area contributed by atoms with E-state index in [4.69, 9.17) is 4.74 Å². The van der Waals surface area contributed by atoms with E-state index in [0.717, 1.165) is 19.4 Å². The molecule has 0 aromatic rings. The molecule has 1 aliphatic rings. The van der Waals surface area contributed by atoms with Gasteiger partial charge in [-0.15, -0.1) is 0 Å². The molecule has 3 nitrogen and oxygen atoms in total. The second-order valence-electron chi connectivity index (χ2n) is 4.33. The van der Waals surface area contributed by atoms with E-state index in [0.29, 0.717) is 18.6 Å². The Labute approximate surface area is 86.4 Å². The van der Waals surface area contributed by atoms with Crippen LogP contribution < -0.4 is 5.32 Å². The average Bonchev–Trinajstić information content (AvgIpc) is 2.70. The third-order valence-electron chi connectivity index (χ3n) is 3.14. The number of rotatable bonds is 4. The summed E-state index contributed by atoms with van der Waals surface area (Å²) in [7, 11) is 0. The van der Waals surface area contributed by atoms with Gasteiger partial charge in [0.2, 0.25) is 0 Å². The van der Waals surface area contributed by atoms with Crippen molar-refractivity contribution in [3.05, 3.63) is 0 Å². The van der Waals surface area contributed by atoms with Crippen LogP contribution in [0.5, 0.6) is 0 Å². The fourth-order valence-corrected chi connectivity index (χ4v) is 1.85. The van der Waals surface area contributed by atoms with Gasteiger partial charge in [-0.3, -0.25) is 5.32 Å². The van der Waals surface area contributed by atoms with Crippen LogP contribution in [0.2, 0.25) is 0 Å². The van der Waals surface area contributed by atoms with Crippen LogP contribution in [0, 0.1) is 17.2 Å². The number of hydrogen-bond acceptors (Lipinski definition) is 3. The molecule has 0 amide bonds. The molecule has 0 saturated carbocycles. The van der Waals surface area contributed by atoms with Gasteiger partial charge in [0, 0.05) is 18.6 Å². The Kier molecular flexibility index (Phi) is 3.91. The Morgan fingerprint density at radius 1 is 1.71 bits per heavy atom. The van der Waals surface area contributed by atoms with Gasteiger partial charge in [0.15, 0.2) is 0 Å². The maximum Gasteiger partial charge on any atom is 0.109 e. The number of hydrogen-bond donors (Lipinski definition) is 1. The van der Waals surface area contributed by atoms with Crippen LogP contribution in [-0.4, -0.2) is 24.8 Å². The summed E-state index contributed by atoms with van der Waals surface area (Å²) in [5.41, 5.74) is -0.425. The van der Waals surface area contributed by atoms with Crippen molar-refractivity contribution in [3.63, 3.8) is 0 Å². The minimum atomic E-state index is -0.425. The molecule has 1 N–H and O–H groups in total. The molecule has 0 radical (unpaired) electrons. The van der Waals surface area contributed by atoms with Crippen LogP contribution in [0.3, 0.4) is 0 Å². The lowest BCUT2D eigenvalue weighted by atomic mass is 9.85. The third kappa shape index (κ3) is 2.46. The molecular formula is C11H20N2O. The summed E-state index contributed by atoms with van der Waals surface area (Å²) in [5.74, 6) is 0.335. The van der Waals surface area contributed by atoms with E-state index in [1.54, 1.807) is 0 Å². The largest absolute Gasteiger partial charge is 0.381 e. The van der Waals surface area contributed by atoms with E-state index >= 15 is 0 Å². The average molecular weight is 196 g/mol.